The van der Waals surface area contributed by atoms with Crippen LogP contribution in [0, 0.1) is 6.92 Å². The fraction of sp³-hybridized carbons (Fsp3) is 0.294. The number of benzene rings is 2. The Morgan fingerprint density at radius 3 is 2.61 bits per heavy atom. The molecule has 1 N–H and O–H groups in total. The quantitative estimate of drug-likeness (QED) is 0.834. The largest absolute Gasteiger partial charge is 0.385 e. The van der Waals surface area contributed by atoms with Crippen molar-refractivity contribution in [1.29, 1.82) is 0 Å². The van der Waals surface area contributed by atoms with Crippen molar-refractivity contribution in [2.75, 3.05) is 11.9 Å². The molecule has 0 fully saturated rings. The number of rotatable bonds is 2. The van der Waals surface area contributed by atoms with Crippen molar-refractivity contribution in [3.05, 3.63) is 64.7 Å². The Balaban J connectivity index is 1.82. The van der Waals surface area contributed by atoms with Crippen LogP contribution in [0.5, 0.6) is 0 Å². The number of hydrogen-bond donors (Lipinski definition) is 1. The summed E-state index contributed by atoms with van der Waals surface area (Å²) in [6, 6.07) is 15.7. The maximum Gasteiger partial charge on any atom is 0.0375 e. The fourth-order valence-electron chi connectivity index (χ4n) is 2.56. The number of anilines is 1. The molecule has 1 aliphatic rings. The lowest BCUT2D eigenvalue weighted by molar-refractivity contribution is 0.829. The minimum Gasteiger partial charge on any atom is -0.385 e. The first kappa shape index (κ1) is 11.3. The molecule has 0 aliphatic carbocycles. The summed E-state index contributed by atoms with van der Waals surface area (Å²) in [7, 11) is 0. The summed E-state index contributed by atoms with van der Waals surface area (Å²) < 4.78 is 0. The van der Waals surface area contributed by atoms with Crippen molar-refractivity contribution in [1.82, 2.24) is 0 Å². The molecule has 0 bridgehead atoms. The molecular formula is C17H19N. The molecule has 0 unspecified atom stereocenters. The first-order chi connectivity index (χ1) is 8.81. The molecule has 0 amide bonds. The van der Waals surface area contributed by atoms with Gasteiger partial charge in [-0.25, -0.2) is 0 Å². The molecule has 0 radical (unpaired) electrons. The van der Waals surface area contributed by atoms with Gasteiger partial charge in [-0.2, -0.15) is 0 Å². The summed E-state index contributed by atoms with van der Waals surface area (Å²) in [6.07, 6.45) is 3.49. The smallest absolute Gasteiger partial charge is 0.0375 e. The minimum absolute atomic E-state index is 1.02. The second-order valence-electron chi connectivity index (χ2n) is 5.18. The predicted molar refractivity (Wildman–Crippen MR) is 77.2 cm³/mol. The van der Waals surface area contributed by atoms with Gasteiger partial charge in [0.15, 0.2) is 0 Å². The van der Waals surface area contributed by atoms with Crippen molar-refractivity contribution >= 4 is 5.69 Å². The number of fused-ring (bicyclic) bond motifs is 1. The molecule has 1 heterocycles. The van der Waals surface area contributed by atoms with E-state index >= 15 is 0 Å². The average Bonchev–Trinajstić information content (AvgIpc) is 2.41. The zero-order chi connectivity index (χ0) is 12.4. The van der Waals surface area contributed by atoms with Gasteiger partial charge in [0.05, 0.1) is 0 Å². The highest BCUT2D eigenvalue weighted by Gasteiger charge is 2.08. The molecule has 1 nitrogen and oxygen atoms in total. The van der Waals surface area contributed by atoms with Gasteiger partial charge in [-0.3, -0.25) is 0 Å². The van der Waals surface area contributed by atoms with Crippen LogP contribution in [0.2, 0.25) is 0 Å². The molecule has 0 saturated heterocycles. The van der Waals surface area contributed by atoms with E-state index in [-0.39, 0.29) is 0 Å². The van der Waals surface area contributed by atoms with E-state index in [2.05, 4.69) is 54.7 Å². The van der Waals surface area contributed by atoms with Crippen LogP contribution in [-0.2, 0) is 12.8 Å². The summed E-state index contributed by atoms with van der Waals surface area (Å²) in [5, 5.41) is 3.50. The van der Waals surface area contributed by atoms with E-state index in [0.717, 1.165) is 13.0 Å². The van der Waals surface area contributed by atoms with Gasteiger partial charge in [-0.05, 0) is 48.9 Å². The van der Waals surface area contributed by atoms with Crippen LogP contribution >= 0.6 is 0 Å². The monoisotopic (exact) mass is 237 g/mol. The Labute approximate surface area is 109 Å². The van der Waals surface area contributed by atoms with Crippen LogP contribution < -0.4 is 5.32 Å². The SMILES string of the molecule is Cc1ccc(Cc2ccc3c(c2)NCCC3)cc1. The summed E-state index contributed by atoms with van der Waals surface area (Å²) in [6.45, 7) is 3.24. The molecule has 0 spiro atoms. The summed E-state index contributed by atoms with van der Waals surface area (Å²) >= 11 is 0. The lowest BCUT2D eigenvalue weighted by Gasteiger charge is -2.18. The molecule has 0 saturated carbocycles. The van der Waals surface area contributed by atoms with E-state index in [1.54, 1.807) is 0 Å². The Morgan fingerprint density at radius 1 is 1.00 bits per heavy atom. The third-order valence-electron chi connectivity index (χ3n) is 3.64. The maximum absolute atomic E-state index is 3.50. The van der Waals surface area contributed by atoms with Crippen molar-refractivity contribution in [3.8, 4) is 0 Å². The maximum atomic E-state index is 3.50. The molecular weight excluding hydrogens is 218 g/mol. The molecule has 2 aromatic rings. The summed E-state index contributed by atoms with van der Waals surface area (Å²) in [5.41, 5.74) is 6.91. The molecule has 0 atom stereocenters. The van der Waals surface area contributed by atoms with E-state index in [0.29, 0.717) is 0 Å². The normalized spacial score (nSPS) is 13.8. The van der Waals surface area contributed by atoms with Crippen LogP contribution in [0.4, 0.5) is 5.69 Å². The standard InChI is InChI=1S/C17H19N/c1-13-4-6-14(7-5-13)11-15-8-9-16-3-2-10-18-17(16)12-15/h4-9,12,18H,2-3,10-11H2,1H3. The molecule has 2 aromatic carbocycles. The second kappa shape index (κ2) is 4.85. The Morgan fingerprint density at radius 2 is 1.78 bits per heavy atom. The van der Waals surface area contributed by atoms with Crippen LogP contribution in [0.15, 0.2) is 42.5 Å². The van der Waals surface area contributed by atoms with Crippen molar-refractivity contribution in [3.63, 3.8) is 0 Å². The van der Waals surface area contributed by atoms with Gasteiger partial charge in [-0.15, -0.1) is 0 Å². The van der Waals surface area contributed by atoms with Crippen molar-refractivity contribution < 1.29 is 0 Å². The third kappa shape index (κ3) is 2.40. The van der Waals surface area contributed by atoms with Crippen LogP contribution in [0.25, 0.3) is 0 Å². The van der Waals surface area contributed by atoms with Crippen LogP contribution in [-0.4, -0.2) is 6.54 Å². The van der Waals surface area contributed by atoms with E-state index in [4.69, 9.17) is 0 Å². The first-order valence-corrected chi connectivity index (χ1v) is 6.72. The average molecular weight is 237 g/mol. The minimum atomic E-state index is 1.02. The number of nitrogens with one attached hydrogen (secondary N) is 1. The van der Waals surface area contributed by atoms with Crippen molar-refractivity contribution in [2.45, 2.75) is 26.2 Å². The Kier molecular flexibility index (Phi) is 3.06. The van der Waals surface area contributed by atoms with Gasteiger partial charge in [0.2, 0.25) is 0 Å². The second-order valence-corrected chi connectivity index (χ2v) is 5.18. The number of hydrogen-bond acceptors (Lipinski definition) is 1. The van der Waals surface area contributed by atoms with Gasteiger partial charge < -0.3 is 5.32 Å². The topological polar surface area (TPSA) is 12.0 Å². The van der Waals surface area contributed by atoms with E-state index < -0.39 is 0 Å². The lowest BCUT2D eigenvalue weighted by Crippen LogP contribution is -2.11. The lowest BCUT2D eigenvalue weighted by atomic mass is 9.98. The highest BCUT2D eigenvalue weighted by molar-refractivity contribution is 5.55. The molecule has 3 rings (SSSR count). The van der Waals surface area contributed by atoms with E-state index in [1.165, 1.54) is 40.8 Å². The molecule has 1 heteroatoms. The van der Waals surface area contributed by atoms with Gasteiger partial charge in [0.1, 0.15) is 0 Å². The van der Waals surface area contributed by atoms with E-state index in [1.807, 2.05) is 0 Å². The van der Waals surface area contributed by atoms with Crippen molar-refractivity contribution in [2.24, 2.45) is 0 Å². The van der Waals surface area contributed by atoms with Gasteiger partial charge in [-0.1, -0.05) is 42.0 Å². The predicted octanol–water partition coefficient (Wildman–Crippen LogP) is 3.94. The molecule has 92 valence electrons. The van der Waals surface area contributed by atoms with Crippen LogP contribution in [0.1, 0.15) is 28.7 Å². The summed E-state index contributed by atoms with van der Waals surface area (Å²) in [5.74, 6) is 0. The highest BCUT2D eigenvalue weighted by Crippen LogP contribution is 2.24. The zero-order valence-corrected chi connectivity index (χ0v) is 10.9. The van der Waals surface area contributed by atoms with Gasteiger partial charge >= 0.3 is 0 Å². The summed E-state index contributed by atoms with van der Waals surface area (Å²) in [4.78, 5) is 0. The first-order valence-electron chi connectivity index (χ1n) is 6.72. The molecule has 18 heavy (non-hydrogen) atoms. The fourth-order valence-corrected chi connectivity index (χ4v) is 2.56. The number of aryl methyl sites for hydroxylation is 2. The highest BCUT2D eigenvalue weighted by atomic mass is 14.9. The molecule has 0 aromatic heterocycles. The zero-order valence-electron chi connectivity index (χ0n) is 10.9. The Hall–Kier alpha value is -1.76. The molecule has 1 aliphatic heterocycles. The third-order valence-corrected chi connectivity index (χ3v) is 3.64. The van der Waals surface area contributed by atoms with Gasteiger partial charge in [0.25, 0.3) is 0 Å². The van der Waals surface area contributed by atoms with E-state index in [9.17, 15) is 0 Å². The Bertz CT molecular complexity index is 540. The van der Waals surface area contributed by atoms with Crippen LogP contribution in [0.3, 0.4) is 0 Å². The van der Waals surface area contributed by atoms with Gasteiger partial charge in [0, 0.05) is 12.2 Å².